The van der Waals surface area contributed by atoms with Gasteiger partial charge in [-0.05, 0) is 48.4 Å². The Kier molecular flexibility index (Phi) is 8.10. The lowest BCUT2D eigenvalue weighted by atomic mass is 10.0. The predicted molar refractivity (Wildman–Crippen MR) is 129 cm³/mol. The second-order valence-corrected chi connectivity index (χ2v) is 7.62. The maximum atomic E-state index is 12.7. The molecule has 8 heteroatoms. The van der Waals surface area contributed by atoms with Crippen molar-refractivity contribution in [3.05, 3.63) is 65.0 Å². The molecule has 172 valence electrons. The molecule has 1 amide bonds. The Morgan fingerprint density at radius 2 is 1.70 bits per heavy atom. The number of hydrogen-bond acceptors (Lipinski definition) is 7. The van der Waals surface area contributed by atoms with Crippen LogP contribution in [0.3, 0.4) is 0 Å². The van der Waals surface area contributed by atoms with Crippen molar-refractivity contribution >= 4 is 34.3 Å². The number of methoxy groups -OCH3 is 3. The largest absolute Gasteiger partial charge is 0.497 e. The summed E-state index contributed by atoms with van der Waals surface area (Å²) in [6.45, 7) is 1.96. The van der Waals surface area contributed by atoms with Crippen molar-refractivity contribution in [2.45, 2.75) is 6.92 Å². The molecule has 1 heterocycles. The van der Waals surface area contributed by atoms with Crippen molar-refractivity contribution in [3.63, 3.8) is 0 Å². The first-order valence-electron chi connectivity index (χ1n) is 10.1. The number of amides is 1. The summed E-state index contributed by atoms with van der Waals surface area (Å²) >= 11 is 1.26. The molecule has 0 unspecified atom stereocenters. The summed E-state index contributed by atoms with van der Waals surface area (Å²) in [6, 6.07) is 12.7. The van der Waals surface area contributed by atoms with E-state index >= 15 is 0 Å². The Bertz CT molecular complexity index is 1150. The average Bonchev–Trinajstić information content (AvgIpc) is 3.26. The van der Waals surface area contributed by atoms with E-state index in [1.54, 1.807) is 46.5 Å². The van der Waals surface area contributed by atoms with Crippen LogP contribution in [0.2, 0.25) is 0 Å². The molecular weight excluding hydrogens is 442 g/mol. The summed E-state index contributed by atoms with van der Waals surface area (Å²) in [6.07, 6.45) is 3.04. The minimum absolute atomic E-state index is 0.226. The zero-order valence-electron chi connectivity index (χ0n) is 18.8. The van der Waals surface area contributed by atoms with E-state index in [-0.39, 0.29) is 12.5 Å². The summed E-state index contributed by atoms with van der Waals surface area (Å²) < 4.78 is 21.0. The molecule has 3 aromatic rings. The molecule has 0 bridgehead atoms. The van der Waals surface area contributed by atoms with E-state index in [1.807, 2.05) is 35.7 Å². The van der Waals surface area contributed by atoms with Crippen LogP contribution in [0.1, 0.15) is 22.8 Å². The van der Waals surface area contributed by atoms with Gasteiger partial charge < -0.3 is 24.3 Å². The fourth-order valence-corrected chi connectivity index (χ4v) is 4.08. The number of esters is 1. The fraction of sp³-hybridized carbons (Fsp3) is 0.200. The van der Waals surface area contributed by atoms with Crippen molar-refractivity contribution in [1.82, 2.24) is 0 Å². The first-order valence-corrected chi connectivity index (χ1v) is 11.0. The van der Waals surface area contributed by atoms with E-state index in [9.17, 15) is 9.59 Å². The number of benzene rings is 2. The van der Waals surface area contributed by atoms with E-state index in [4.69, 9.17) is 18.9 Å². The van der Waals surface area contributed by atoms with Gasteiger partial charge in [0.2, 0.25) is 5.91 Å². The molecule has 3 rings (SSSR count). The Balaban J connectivity index is 1.85. The van der Waals surface area contributed by atoms with Crippen molar-refractivity contribution in [2.24, 2.45) is 0 Å². The topological polar surface area (TPSA) is 83.1 Å². The normalized spacial score (nSPS) is 10.7. The maximum Gasteiger partial charge on any atom is 0.341 e. The van der Waals surface area contributed by atoms with Crippen LogP contribution in [0.5, 0.6) is 17.2 Å². The van der Waals surface area contributed by atoms with Crippen molar-refractivity contribution in [3.8, 4) is 28.4 Å². The van der Waals surface area contributed by atoms with Gasteiger partial charge in [-0.25, -0.2) is 4.79 Å². The van der Waals surface area contributed by atoms with Gasteiger partial charge in [0.15, 0.2) is 11.5 Å². The molecule has 33 heavy (non-hydrogen) atoms. The maximum absolute atomic E-state index is 12.7. The molecule has 0 atom stereocenters. The highest BCUT2D eigenvalue weighted by atomic mass is 32.1. The van der Waals surface area contributed by atoms with Crippen molar-refractivity contribution in [2.75, 3.05) is 33.3 Å². The van der Waals surface area contributed by atoms with Crippen LogP contribution in [0.4, 0.5) is 5.00 Å². The van der Waals surface area contributed by atoms with E-state index < -0.39 is 5.97 Å². The molecule has 0 aliphatic heterocycles. The summed E-state index contributed by atoms with van der Waals surface area (Å²) in [5.74, 6) is 0.998. The molecule has 0 saturated carbocycles. The third-order valence-electron chi connectivity index (χ3n) is 4.74. The Morgan fingerprint density at radius 1 is 0.970 bits per heavy atom. The molecule has 0 aliphatic carbocycles. The number of carbonyl (C=O) groups is 2. The third kappa shape index (κ3) is 5.72. The standard InChI is InChI=1S/C25H25NO6S/c1-5-32-25(28)23-19(17-8-10-18(29-2)11-9-17)15-33-24(23)26-22(27)13-7-16-6-12-20(30-3)21(14-16)31-4/h6-15H,5H2,1-4H3,(H,26,27)/b13-7+. The van der Waals surface area contributed by atoms with Crippen LogP contribution in [0, 0.1) is 0 Å². The number of ether oxygens (including phenoxy) is 4. The molecule has 2 aromatic carbocycles. The van der Waals surface area contributed by atoms with Gasteiger partial charge in [0, 0.05) is 17.0 Å². The Labute approximate surface area is 196 Å². The number of nitrogens with one attached hydrogen (secondary N) is 1. The molecule has 1 aromatic heterocycles. The number of thiophene rings is 1. The first-order chi connectivity index (χ1) is 16.0. The van der Waals surface area contributed by atoms with Crippen LogP contribution >= 0.6 is 11.3 Å². The SMILES string of the molecule is CCOC(=O)c1c(-c2ccc(OC)cc2)csc1NC(=O)/C=C/c1ccc(OC)c(OC)c1. The molecule has 1 N–H and O–H groups in total. The quantitative estimate of drug-likeness (QED) is 0.341. The van der Waals surface area contributed by atoms with Gasteiger partial charge in [0.1, 0.15) is 16.3 Å². The molecule has 0 radical (unpaired) electrons. The molecule has 0 aliphatic rings. The van der Waals surface area contributed by atoms with Crippen LogP contribution in [-0.4, -0.2) is 39.8 Å². The summed E-state index contributed by atoms with van der Waals surface area (Å²) in [4.78, 5) is 25.3. The number of anilines is 1. The zero-order chi connectivity index (χ0) is 23.8. The average molecular weight is 468 g/mol. The lowest BCUT2D eigenvalue weighted by Gasteiger charge is -2.09. The minimum atomic E-state index is -0.497. The predicted octanol–water partition coefficient (Wildman–Crippen LogP) is 5.27. The van der Waals surface area contributed by atoms with E-state index in [0.717, 1.165) is 11.1 Å². The van der Waals surface area contributed by atoms with Gasteiger partial charge in [-0.2, -0.15) is 0 Å². The summed E-state index contributed by atoms with van der Waals surface area (Å²) in [5, 5.41) is 5.03. The van der Waals surface area contributed by atoms with Crippen molar-refractivity contribution in [1.29, 1.82) is 0 Å². The smallest absolute Gasteiger partial charge is 0.341 e. The van der Waals surface area contributed by atoms with Gasteiger partial charge in [-0.15, -0.1) is 11.3 Å². The highest BCUT2D eigenvalue weighted by Crippen LogP contribution is 2.37. The second-order valence-electron chi connectivity index (χ2n) is 6.74. The number of carbonyl (C=O) groups excluding carboxylic acids is 2. The van der Waals surface area contributed by atoms with Crippen LogP contribution in [-0.2, 0) is 9.53 Å². The Morgan fingerprint density at radius 3 is 2.33 bits per heavy atom. The third-order valence-corrected chi connectivity index (χ3v) is 5.64. The van der Waals surface area contributed by atoms with Gasteiger partial charge in [-0.3, -0.25) is 4.79 Å². The zero-order valence-corrected chi connectivity index (χ0v) is 19.7. The van der Waals surface area contributed by atoms with Crippen LogP contribution < -0.4 is 19.5 Å². The lowest BCUT2D eigenvalue weighted by molar-refractivity contribution is -0.111. The van der Waals surface area contributed by atoms with Crippen LogP contribution in [0.15, 0.2) is 53.9 Å². The van der Waals surface area contributed by atoms with E-state index in [1.165, 1.54) is 17.4 Å². The highest BCUT2D eigenvalue weighted by Gasteiger charge is 2.22. The van der Waals surface area contributed by atoms with Gasteiger partial charge in [0.05, 0.1) is 27.9 Å². The molecule has 0 fully saturated rings. The number of rotatable bonds is 9. The van der Waals surface area contributed by atoms with E-state index in [0.29, 0.717) is 33.4 Å². The monoisotopic (exact) mass is 467 g/mol. The summed E-state index contributed by atoms with van der Waals surface area (Å²) in [7, 11) is 4.70. The van der Waals surface area contributed by atoms with Gasteiger partial charge in [-0.1, -0.05) is 18.2 Å². The highest BCUT2D eigenvalue weighted by molar-refractivity contribution is 7.15. The van der Waals surface area contributed by atoms with Crippen LogP contribution in [0.25, 0.3) is 17.2 Å². The molecule has 7 nitrogen and oxygen atoms in total. The first kappa shape index (κ1) is 23.9. The minimum Gasteiger partial charge on any atom is -0.497 e. The molecular formula is C25H25NO6S. The van der Waals surface area contributed by atoms with E-state index in [2.05, 4.69) is 5.32 Å². The van der Waals surface area contributed by atoms with Gasteiger partial charge in [0.25, 0.3) is 0 Å². The van der Waals surface area contributed by atoms with Gasteiger partial charge >= 0.3 is 5.97 Å². The molecule has 0 spiro atoms. The summed E-state index contributed by atoms with van der Waals surface area (Å²) in [5.41, 5.74) is 2.58. The molecule has 0 saturated heterocycles. The fourth-order valence-electron chi connectivity index (χ4n) is 3.12. The van der Waals surface area contributed by atoms with Crippen molar-refractivity contribution < 1.29 is 28.5 Å². The Hall–Kier alpha value is -3.78. The number of hydrogen-bond donors (Lipinski definition) is 1. The lowest BCUT2D eigenvalue weighted by Crippen LogP contribution is -2.12. The second kappa shape index (κ2) is 11.2.